The molecule has 2 saturated heterocycles. The van der Waals surface area contributed by atoms with Crippen LogP contribution >= 0.6 is 7.82 Å². The number of rotatable bonds is 9. The van der Waals surface area contributed by atoms with Crippen molar-refractivity contribution in [2.24, 2.45) is 5.11 Å². The number of carbonyl (C=O) groups is 1. The van der Waals surface area contributed by atoms with Gasteiger partial charge in [0.15, 0.2) is 12.6 Å². The van der Waals surface area contributed by atoms with Crippen LogP contribution in [0.3, 0.4) is 0 Å². The van der Waals surface area contributed by atoms with E-state index < -0.39 is 50.7 Å². The van der Waals surface area contributed by atoms with Gasteiger partial charge in [-0.3, -0.25) is 4.79 Å². The highest BCUT2D eigenvalue weighted by Gasteiger charge is 2.54. The lowest BCUT2D eigenvalue weighted by molar-refractivity contribution is -0.333. The number of phosphoric acid groups is 1. The Hall–Kier alpha value is -3.89. The van der Waals surface area contributed by atoms with Crippen molar-refractivity contribution < 1.29 is 41.9 Å². The highest BCUT2D eigenvalue weighted by Crippen LogP contribution is 2.52. The van der Waals surface area contributed by atoms with Gasteiger partial charge < -0.3 is 28.0 Å². The van der Waals surface area contributed by atoms with Gasteiger partial charge in [0.05, 0.1) is 6.61 Å². The number of benzene rings is 3. The van der Waals surface area contributed by atoms with Crippen LogP contribution in [0, 0.1) is 0 Å². The van der Waals surface area contributed by atoms with E-state index in [1.165, 1.54) is 6.92 Å². The van der Waals surface area contributed by atoms with Gasteiger partial charge in [0.1, 0.15) is 35.9 Å². The molecule has 5 rings (SSSR count). The van der Waals surface area contributed by atoms with Crippen LogP contribution in [-0.4, -0.2) is 43.2 Å². The van der Waals surface area contributed by atoms with Crippen molar-refractivity contribution in [3.8, 4) is 11.5 Å². The van der Waals surface area contributed by atoms with E-state index in [1.54, 1.807) is 60.7 Å². The molecule has 2 heterocycles. The van der Waals surface area contributed by atoms with Crippen LogP contribution < -0.4 is 9.05 Å². The first kappa shape index (κ1) is 27.7. The molecule has 6 atom stereocenters. The predicted octanol–water partition coefficient (Wildman–Crippen LogP) is 5.72. The summed E-state index contributed by atoms with van der Waals surface area (Å²) in [6.07, 6.45) is -5.24. The van der Waals surface area contributed by atoms with E-state index in [0.717, 1.165) is 5.56 Å². The van der Waals surface area contributed by atoms with Gasteiger partial charge in [0.25, 0.3) is 0 Å². The van der Waals surface area contributed by atoms with E-state index in [1.807, 2.05) is 30.3 Å². The van der Waals surface area contributed by atoms with Crippen molar-refractivity contribution in [1.82, 2.24) is 0 Å². The molecule has 40 heavy (non-hydrogen) atoms. The molecule has 3 aromatic carbocycles. The SMILES string of the molecule is CC(=O)O[C@H]1[C@@H]2OC(c3ccccc3)OC[C@H]2OC(OP(=O)(Oc2ccccc2)Oc2ccccc2)[C@@H]1N=[N+]=[N-]. The van der Waals surface area contributed by atoms with Crippen molar-refractivity contribution in [3.05, 3.63) is 107 Å². The summed E-state index contributed by atoms with van der Waals surface area (Å²) >= 11 is 0. The number of nitrogens with zero attached hydrogens (tertiary/aromatic N) is 3. The maximum absolute atomic E-state index is 14.0. The quantitative estimate of drug-likeness (QED) is 0.104. The molecule has 2 fully saturated rings. The standard InChI is InChI=1S/C27H26N3O9P/c1-18(31)34-25-23(29-30-28)27(35-22-17-33-26(36-24(22)25)19-11-5-2-6-12-19)39-40(32,37-20-13-7-3-8-14-20)38-21-15-9-4-10-16-21/h2-16,22-27H,17H2,1H3/t22-,23-,24-,25-,26?,27?/m1/s1. The van der Waals surface area contributed by atoms with Crippen molar-refractivity contribution in [3.63, 3.8) is 0 Å². The van der Waals surface area contributed by atoms with Crippen LogP contribution in [0.25, 0.3) is 10.4 Å². The van der Waals surface area contributed by atoms with Crippen molar-refractivity contribution in [2.75, 3.05) is 6.61 Å². The molecule has 0 amide bonds. The zero-order chi connectivity index (χ0) is 28.0. The molecule has 2 aliphatic rings. The number of azide groups is 1. The van der Waals surface area contributed by atoms with Crippen molar-refractivity contribution in [1.29, 1.82) is 0 Å². The first-order chi connectivity index (χ1) is 19.4. The molecule has 3 aromatic rings. The van der Waals surface area contributed by atoms with Gasteiger partial charge in [-0.2, -0.15) is 0 Å². The van der Waals surface area contributed by atoms with Crippen LogP contribution in [0.2, 0.25) is 0 Å². The number of phosphoric ester groups is 1. The minimum Gasteiger partial charge on any atom is -0.459 e. The molecule has 12 nitrogen and oxygen atoms in total. The normalized spacial score (nSPS) is 26.0. The summed E-state index contributed by atoms with van der Waals surface area (Å²) in [5, 5.41) is 3.79. The molecule has 13 heteroatoms. The third kappa shape index (κ3) is 6.63. The van der Waals surface area contributed by atoms with E-state index in [0.29, 0.717) is 0 Å². The van der Waals surface area contributed by atoms with Crippen LogP contribution in [0.15, 0.2) is 96.1 Å². The highest BCUT2D eigenvalue weighted by molar-refractivity contribution is 7.49. The molecule has 2 aliphatic heterocycles. The molecule has 0 radical (unpaired) electrons. The van der Waals surface area contributed by atoms with Crippen molar-refractivity contribution in [2.45, 2.75) is 43.9 Å². The number of para-hydroxylation sites is 2. The number of hydrogen-bond acceptors (Lipinski definition) is 10. The molecule has 0 aromatic heterocycles. The van der Waals surface area contributed by atoms with Crippen LogP contribution in [0.5, 0.6) is 11.5 Å². The van der Waals surface area contributed by atoms with Gasteiger partial charge in [-0.05, 0) is 29.8 Å². The monoisotopic (exact) mass is 567 g/mol. The fraction of sp³-hybridized carbons (Fsp3) is 0.296. The topological polar surface area (TPSA) is 148 Å². The summed E-state index contributed by atoms with van der Waals surface area (Å²) in [6.45, 7) is 1.22. The predicted molar refractivity (Wildman–Crippen MR) is 140 cm³/mol. The largest absolute Gasteiger partial charge is 0.589 e. The van der Waals surface area contributed by atoms with E-state index in [-0.39, 0.29) is 18.1 Å². The smallest absolute Gasteiger partial charge is 0.459 e. The van der Waals surface area contributed by atoms with Gasteiger partial charge in [0.2, 0.25) is 0 Å². The molecule has 0 spiro atoms. The lowest BCUT2D eigenvalue weighted by Gasteiger charge is -2.47. The van der Waals surface area contributed by atoms with Crippen LogP contribution in [-0.2, 0) is 32.8 Å². The first-order valence-electron chi connectivity index (χ1n) is 12.4. The van der Waals surface area contributed by atoms with Gasteiger partial charge in [0, 0.05) is 17.4 Å². The number of hydrogen-bond donors (Lipinski definition) is 0. The second kappa shape index (κ2) is 12.5. The van der Waals surface area contributed by atoms with Crippen molar-refractivity contribution >= 4 is 13.8 Å². The minimum atomic E-state index is -4.49. The fourth-order valence-corrected chi connectivity index (χ4v) is 5.66. The maximum atomic E-state index is 14.0. The number of fused-ring (bicyclic) bond motifs is 1. The van der Waals surface area contributed by atoms with Gasteiger partial charge in [-0.25, -0.2) is 9.09 Å². The molecule has 2 unspecified atom stereocenters. The molecular formula is C27H26N3O9P. The van der Waals surface area contributed by atoms with Gasteiger partial charge in [-0.1, -0.05) is 71.8 Å². The summed E-state index contributed by atoms with van der Waals surface area (Å²) in [5.74, 6) is -0.261. The fourth-order valence-electron chi connectivity index (χ4n) is 4.34. The Balaban J connectivity index is 1.45. The Bertz CT molecular complexity index is 1330. The Kier molecular flexibility index (Phi) is 8.66. The Labute approximate surface area is 229 Å². The molecule has 0 bridgehead atoms. The third-order valence-electron chi connectivity index (χ3n) is 6.02. The zero-order valence-electron chi connectivity index (χ0n) is 21.3. The molecule has 0 aliphatic carbocycles. The average molecular weight is 567 g/mol. The van der Waals surface area contributed by atoms with E-state index in [4.69, 9.17) is 32.5 Å². The highest BCUT2D eigenvalue weighted by atomic mass is 31.2. The lowest BCUT2D eigenvalue weighted by atomic mass is 9.96. The Morgan fingerprint density at radius 2 is 1.50 bits per heavy atom. The second-order valence-electron chi connectivity index (χ2n) is 8.85. The molecule has 208 valence electrons. The molecule has 0 N–H and O–H groups in total. The Morgan fingerprint density at radius 3 is 2.05 bits per heavy atom. The van der Waals surface area contributed by atoms with E-state index in [9.17, 15) is 14.9 Å². The lowest BCUT2D eigenvalue weighted by Crippen LogP contribution is -2.62. The number of carbonyl (C=O) groups excluding carboxylic acids is 1. The summed E-state index contributed by atoms with van der Waals surface area (Å²) < 4.78 is 54.9. The maximum Gasteiger partial charge on any atom is 0.589 e. The summed E-state index contributed by atoms with van der Waals surface area (Å²) in [4.78, 5) is 15.0. The van der Waals surface area contributed by atoms with Gasteiger partial charge >= 0.3 is 13.8 Å². The zero-order valence-corrected chi connectivity index (χ0v) is 22.2. The first-order valence-corrected chi connectivity index (χ1v) is 13.9. The van der Waals surface area contributed by atoms with E-state index >= 15 is 0 Å². The van der Waals surface area contributed by atoms with Crippen LogP contribution in [0.1, 0.15) is 18.8 Å². The molecule has 0 saturated carbocycles. The summed E-state index contributed by atoms with van der Waals surface area (Å²) in [5.41, 5.74) is 10.1. The summed E-state index contributed by atoms with van der Waals surface area (Å²) in [6, 6.07) is 24.4. The number of ether oxygens (including phenoxy) is 4. The Morgan fingerprint density at radius 1 is 0.925 bits per heavy atom. The van der Waals surface area contributed by atoms with E-state index in [2.05, 4.69) is 10.0 Å². The third-order valence-corrected chi connectivity index (χ3v) is 7.35. The molecular weight excluding hydrogens is 541 g/mol. The van der Waals surface area contributed by atoms with Gasteiger partial charge in [-0.15, -0.1) is 0 Å². The second-order valence-corrected chi connectivity index (χ2v) is 10.3. The minimum absolute atomic E-state index is 0.00816. The average Bonchev–Trinajstić information content (AvgIpc) is 2.96. The summed E-state index contributed by atoms with van der Waals surface area (Å²) in [7, 11) is -4.49. The van der Waals surface area contributed by atoms with Crippen LogP contribution in [0.4, 0.5) is 0 Å². The number of esters is 1.